The van der Waals surface area contributed by atoms with Crippen molar-refractivity contribution in [3.8, 4) is 0 Å². The Morgan fingerprint density at radius 1 is 1.27 bits per heavy atom. The SMILES string of the molecule is CCC(c1ccc(CC(F)(F)F)cc1)n1nc(CO)c2c(=O)[nH]cnc21. The van der Waals surface area contributed by atoms with E-state index < -0.39 is 24.8 Å². The largest absolute Gasteiger partial charge is 0.393 e. The van der Waals surface area contributed by atoms with E-state index >= 15 is 0 Å². The Bertz CT molecular complexity index is 961. The third-order valence-corrected chi connectivity index (χ3v) is 4.17. The summed E-state index contributed by atoms with van der Waals surface area (Å²) in [6, 6.07) is 5.78. The number of hydrogen-bond donors (Lipinski definition) is 2. The molecule has 3 rings (SSSR count). The van der Waals surface area contributed by atoms with Gasteiger partial charge in [0.05, 0.1) is 25.4 Å². The summed E-state index contributed by atoms with van der Waals surface area (Å²) in [5, 5.41) is 14.0. The highest BCUT2D eigenvalue weighted by molar-refractivity contribution is 5.77. The number of nitrogens with one attached hydrogen (secondary N) is 1. The van der Waals surface area contributed by atoms with Gasteiger partial charge >= 0.3 is 6.18 Å². The van der Waals surface area contributed by atoms with Crippen molar-refractivity contribution in [3.05, 3.63) is 57.8 Å². The van der Waals surface area contributed by atoms with Crippen molar-refractivity contribution >= 4 is 11.0 Å². The van der Waals surface area contributed by atoms with E-state index in [4.69, 9.17) is 0 Å². The van der Waals surface area contributed by atoms with E-state index in [-0.39, 0.29) is 22.7 Å². The summed E-state index contributed by atoms with van der Waals surface area (Å²) in [5.41, 5.74) is 1.05. The van der Waals surface area contributed by atoms with E-state index in [9.17, 15) is 23.1 Å². The molecule has 9 heteroatoms. The molecule has 0 aliphatic rings. The molecular formula is C17H17F3N4O2. The molecule has 2 aromatic heterocycles. The molecule has 6 nitrogen and oxygen atoms in total. The number of rotatable bonds is 5. The summed E-state index contributed by atoms with van der Waals surface area (Å²) < 4.78 is 39.1. The number of fused-ring (bicyclic) bond motifs is 1. The molecular weight excluding hydrogens is 349 g/mol. The van der Waals surface area contributed by atoms with Crippen LogP contribution in [-0.4, -0.2) is 31.0 Å². The lowest BCUT2D eigenvalue weighted by molar-refractivity contribution is -0.127. The van der Waals surface area contributed by atoms with Gasteiger partial charge in [-0.3, -0.25) is 4.79 Å². The number of H-pyrrole nitrogens is 1. The fourth-order valence-corrected chi connectivity index (χ4v) is 3.02. The molecule has 0 saturated heterocycles. The Hall–Kier alpha value is -2.68. The van der Waals surface area contributed by atoms with Crippen LogP contribution in [0.15, 0.2) is 35.4 Å². The van der Waals surface area contributed by atoms with Crippen LogP contribution in [0.1, 0.15) is 36.2 Å². The van der Waals surface area contributed by atoms with Crippen LogP contribution in [0, 0.1) is 0 Å². The first-order chi connectivity index (χ1) is 12.3. The van der Waals surface area contributed by atoms with Crippen LogP contribution >= 0.6 is 0 Å². The van der Waals surface area contributed by atoms with Crippen molar-refractivity contribution < 1.29 is 18.3 Å². The van der Waals surface area contributed by atoms with Gasteiger partial charge in [0.15, 0.2) is 5.65 Å². The van der Waals surface area contributed by atoms with Gasteiger partial charge in [0.2, 0.25) is 0 Å². The Labute approximate surface area is 146 Å². The van der Waals surface area contributed by atoms with Crippen molar-refractivity contribution in [1.82, 2.24) is 19.7 Å². The first-order valence-electron chi connectivity index (χ1n) is 8.05. The molecule has 0 spiro atoms. The van der Waals surface area contributed by atoms with E-state index in [1.807, 2.05) is 6.92 Å². The third kappa shape index (κ3) is 3.48. The molecule has 2 N–H and O–H groups in total. The van der Waals surface area contributed by atoms with Crippen LogP contribution in [0.3, 0.4) is 0 Å². The zero-order valence-electron chi connectivity index (χ0n) is 13.9. The van der Waals surface area contributed by atoms with Gasteiger partial charge in [0.25, 0.3) is 5.56 Å². The monoisotopic (exact) mass is 366 g/mol. The number of halogens is 3. The number of alkyl halides is 3. The lowest BCUT2D eigenvalue weighted by atomic mass is 10.0. The number of nitrogens with zero attached hydrogens (tertiary/aromatic N) is 3. The minimum Gasteiger partial charge on any atom is -0.390 e. The first-order valence-corrected chi connectivity index (χ1v) is 8.05. The lowest BCUT2D eigenvalue weighted by Crippen LogP contribution is -2.14. The Morgan fingerprint density at radius 3 is 2.54 bits per heavy atom. The molecule has 0 aliphatic carbocycles. The first kappa shape index (κ1) is 18.1. The number of aromatic nitrogens is 4. The Kier molecular flexibility index (Phi) is 4.82. The molecule has 26 heavy (non-hydrogen) atoms. The molecule has 1 unspecified atom stereocenters. The number of aliphatic hydroxyl groups is 1. The summed E-state index contributed by atoms with van der Waals surface area (Å²) in [6.45, 7) is 1.48. The predicted molar refractivity (Wildman–Crippen MR) is 88.7 cm³/mol. The summed E-state index contributed by atoms with van der Waals surface area (Å²) in [7, 11) is 0. The number of hydrogen-bond acceptors (Lipinski definition) is 4. The highest BCUT2D eigenvalue weighted by Gasteiger charge is 2.28. The molecule has 0 fully saturated rings. The molecule has 3 aromatic rings. The molecule has 0 saturated carbocycles. The summed E-state index contributed by atoms with van der Waals surface area (Å²) >= 11 is 0. The predicted octanol–water partition coefficient (Wildman–Crippen LogP) is 2.72. The molecule has 2 heterocycles. The molecule has 0 bridgehead atoms. The highest BCUT2D eigenvalue weighted by Crippen LogP contribution is 2.27. The van der Waals surface area contributed by atoms with Crippen LogP contribution in [-0.2, 0) is 13.0 Å². The van der Waals surface area contributed by atoms with Crippen molar-refractivity contribution in [2.24, 2.45) is 0 Å². The van der Waals surface area contributed by atoms with Crippen LogP contribution in [0.5, 0.6) is 0 Å². The van der Waals surface area contributed by atoms with Crippen molar-refractivity contribution in [2.75, 3.05) is 0 Å². The molecule has 0 aliphatic heterocycles. The van der Waals surface area contributed by atoms with Gasteiger partial charge in [0.1, 0.15) is 11.1 Å². The van der Waals surface area contributed by atoms with Crippen LogP contribution in [0.4, 0.5) is 13.2 Å². The minimum atomic E-state index is -4.26. The van der Waals surface area contributed by atoms with Gasteiger partial charge in [-0.2, -0.15) is 18.3 Å². The summed E-state index contributed by atoms with van der Waals surface area (Å²) in [4.78, 5) is 18.6. The standard InChI is InChI=1S/C17H17F3N4O2/c1-2-13(11-5-3-10(4-6-11)7-17(18,19)20)24-15-14(12(8-25)23-24)16(26)22-9-21-15/h3-6,9,13,25H,2,7-8H2,1H3,(H,21,22,26). The van der Waals surface area contributed by atoms with Crippen LogP contribution in [0.25, 0.3) is 11.0 Å². The van der Waals surface area contributed by atoms with Gasteiger partial charge < -0.3 is 10.1 Å². The number of aromatic amines is 1. The van der Waals surface area contributed by atoms with Crippen molar-refractivity contribution in [2.45, 2.75) is 38.6 Å². The zero-order valence-corrected chi connectivity index (χ0v) is 13.9. The fraction of sp³-hybridized carbons (Fsp3) is 0.353. The second kappa shape index (κ2) is 6.91. The molecule has 0 amide bonds. The Morgan fingerprint density at radius 2 is 1.96 bits per heavy atom. The van der Waals surface area contributed by atoms with Crippen molar-refractivity contribution in [3.63, 3.8) is 0 Å². The second-order valence-electron chi connectivity index (χ2n) is 5.94. The fourth-order valence-electron chi connectivity index (χ4n) is 3.02. The summed E-state index contributed by atoms with van der Waals surface area (Å²) in [6.07, 6.45) is -3.41. The third-order valence-electron chi connectivity index (χ3n) is 4.17. The number of benzene rings is 1. The maximum Gasteiger partial charge on any atom is 0.393 e. The molecule has 1 aromatic carbocycles. The van der Waals surface area contributed by atoms with E-state index in [0.29, 0.717) is 12.1 Å². The average molecular weight is 366 g/mol. The van der Waals surface area contributed by atoms with Gasteiger partial charge in [-0.05, 0) is 17.5 Å². The quantitative estimate of drug-likeness (QED) is 0.727. The van der Waals surface area contributed by atoms with Gasteiger partial charge in [-0.1, -0.05) is 31.2 Å². The maximum atomic E-state index is 12.5. The number of aliphatic hydroxyl groups excluding tert-OH is 1. The highest BCUT2D eigenvalue weighted by atomic mass is 19.4. The van der Waals surface area contributed by atoms with Gasteiger partial charge in [-0.15, -0.1) is 0 Å². The smallest absolute Gasteiger partial charge is 0.390 e. The van der Waals surface area contributed by atoms with Crippen molar-refractivity contribution in [1.29, 1.82) is 0 Å². The second-order valence-corrected chi connectivity index (χ2v) is 5.94. The minimum absolute atomic E-state index is 0.173. The summed E-state index contributed by atoms with van der Waals surface area (Å²) in [5.74, 6) is 0. The molecule has 0 radical (unpaired) electrons. The average Bonchev–Trinajstić information content (AvgIpc) is 2.96. The maximum absolute atomic E-state index is 12.5. The van der Waals surface area contributed by atoms with Gasteiger partial charge in [0, 0.05) is 0 Å². The van der Waals surface area contributed by atoms with E-state index in [1.165, 1.54) is 23.1 Å². The van der Waals surface area contributed by atoms with E-state index in [0.717, 1.165) is 5.56 Å². The van der Waals surface area contributed by atoms with Crippen LogP contribution < -0.4 is 5.56 Å². The zero-order chi connectivity index (χ0) is 18.9. The topological polar surface area (TPSA) is 83.8 Å². The molecule has 138 valence electrons. The molecule has 1 atom stereocenters. The normalized spacial score (nSPS) is 13.3. The van der Waals surface area contributed by atoms with Crippen LogP contribution in [0.2, 0.25) is 0 Å². The lowest BCUT2D eigenvalue weighted by Gasteiger charge is -2.17. The van der Waals surface area contributed by atoms with E-state index in [2.05, 4.69) is 15.1 Å². The Balaban J connectivity index is 2.03. The van der Waals surface area contributed by atoms with Gasteiger partial charge in [-0.25, -0.2) is 9.67 Å². The van der Waals surface area contributed by atoms with E-state index in [1.54, 1.807) is 12.1 Å².